The molecule has 1 aliphatic carbocycles. The Labute approximate surface area is 154 Å². The van der Waals surface area contributed by atoms with Crippen molar-refractivity contribution in [2.24, 2.45) is 0 Å². The lowest BCUT2D eigenvalue weighted by atomic mass is 9.93. The second-order valence-corrected chi connectivity index (χ2v) is 7.64. The van der Waals surface area contributed by atoms with Crippen LogP contribution in [0.4, 0.5) is 0 Å². The van der Waals surface area contributed by atoms with Gasteiger partial charge in [0.05, 0.1) is 18.2 Å². The molecule has 4 rings (SSSR count). The monoisotopic (exact) mass is 374 g/mol. The molecular formula is C18H18N2O5S. The summed E-state index contributed by atoms with van der Waals surface area (Å²) in [5.74, 6) is 0.199. The number of nitrogens with one attached hydrogen (secondary N) is 1. The van der Waals surface area contributed by atoms with E-state index in [0.29, 0.717) is 34.2 Å². The number of ether oxygens (including phenoxy) is 2. The van der Waals surface area contributed by atoms with Crippen LogP contribution in [0.2, 0.25) is 0 Å². The molecule has 1 fully saturated rings. The maximum Gasteiger partial charge on any atom is 0.305 e. The molecule has 2 aliphatic rings. The van der Waals surface area contributed by atoms with Gasteiger partial charge < -0.3 is 19.9 Å². The number of hydrogen-bond donors (Lipinski definition) is 2. The van der Waals surface area contributed by atoms with Crippen LogP contribution in [-0.2, 0) is 4.79 Å². The molecule has 0 radical (unpaired) electrons. The van der Waals surface area contributed by atoms with Crippen LogP contribution in [-0.4, -0.2) is 34.3 Å². The summed E-state index contributed by atoms with van der Waals surface area (Å²) < 4.78 is 10.7. The van der Waals surface area contributed by atoms with Gasteiger partial charge in [0.2, 0.25) is 6.79 Å². The van der Waals surface area contributed by atoms with Crippen LogP contribution in [0.3, 0.4) is 0 Å². The number of amides is 1. The van der Waals surface area contributed by atoms with E-state index in [2.05, 4.69) is 10.3 Å². The van der Waals surface area contributed by atoms with Crippen molar-refractivity contribution in [3.05, 3.63) is 29.3 Å². The quantitative estimate of drug-likeness (QED) is 0.835. The van der Waals surface area contributed by atoms with Crippen molar-refractivity contribution in [3.63, 3.8) is 0 Å². The molecule has 2 heterocycles. The van der Waals surface area contributed by atoms with Gasteiger partial charge in [0.1, 0.15) is 9.88 Å². The molecule has 136 valence electrons. The Morgan fingerprint density at radius 3 is 2.77 bits per heavy atom. The lowest BCUT2D eigenvalue weighted by Crippen LogP contribution is -2.47. The van der Waals surface area contributed by atoms with Gasteiger partial charge in [0.15, 0.2) is 11.5 Å². The number of carbonyl (C=O) groups is 2. The highest BCUT2D eigenvalue weighted by Crippen LogP contribution is 2.37. The number of carboxylic acids is 1. The van der Waals surface area contributed by atoms with Crippen LogP contribution < -0.4 is 14.8 Å². The molecule has 1 saturated carbocycles. The molecule has 0 unspecified atom stereocenters. The highest BCUT2D eigenvalue weighted by atomic mass is 32.1. The van der Waals surface area contributed by atoms with Gasteiger partial charge in [0.25, 0.3) is 5.91 Å². The fourth-order valence-corrected chi connectivity index (χ4v) is 4.34. The summed E-state index contributed by atoms with van der Waals surface area (Å²) in [6.07, 6.45) is 4.73. The van der Waals surface area contributed by atoms with Crippen molar-refractivity contribution in [2.75, 3.05) is 6.79 Å². The fourth-order valence-electron chi connectivity index (χ4n) is 3.53. The third-order valence-electron chi connectivity index (χ3n) is 4.78. The number of hydrogen-bond acceptors (Lipinski definition) is 6. The van der Waals surface area contributed by atoms with Crippen molar-refractivity contribution < 1.29 is 24.2 Å². The highest BCUT2D eigenvalue weighted by molar-refractivity contribution is 7.16. The lowest BCUT2D eigenvalue weighted by molar-refractivity contribution is -0.138. The first-order valence-corrected chi connectivity index (χ1v) is 9.26. The summed E-state index contributed by atoms with van der Waals surface area (Å²) in [5.41, 5.74) is 0.200. The molecule has 2 N–H and O–H groups in total. The van der Waals surface area contributed by atoms with Gasteiger partial charge in [0, 0.05) is 5.56 Å². The second kappa shape index (κ2) is 6.60. The third-order valence-corrected chi connectivity index (χ3v) is 5.82. The van der Waals surface area contributed by atoms with Crippen LogP contribution in [0.1, 0.15) is 41.8 Å². The van der Waals surface area contributed by atoms with Gasteiger partial charge in [-0.15, -0.1) is 11.3 Å². The second-order valence-electron chi connectivity index (χ2n) is 6.61. The Kier molecular flexibility index (Phi) is 4.28. The van der Waals surface area contributed by atoms with Crippen LogP contribution >= 0.6 is 11.3 Å². The molecule has 1 amide bonds. The summed E-state index contributed by atoms with van der Waals surface area (Å²) in [6, 6.07) is 5.53. The molecular weight excluding hydrogens is 356 g/mol. The Bertz CT molecular complexity index is 857. The van der Waals surface area contributed by atoms with E-state index in [1.165, 1.54) is 17.5 Å². The maximum absolute atomic E-state index is 12.6. The zero-order valence-corrected chi connectivity index (χ0v) is 14.8. The number of carbonyl (C=O) groups excluding carboxylic acids is 1. The first kappa shape index (κ1) is 16.8. The summed E-state index contributed by atoms with van der Waals surface area (Å²) in [6.45, 7) is 0.204. The fraction of sp³-hybridized carbons (Fsp3) is 0.389. The zero-order chi connectivity index (χ0) is 18.1. The summed E-state index contributed by atoms with van der Waals surface area (Å²) in [7, 11) is 0. The smallest absolute Gasteiger partial charge is 0.305 e. The zero-order valence-electron chi connectivity index (χ0n) is 14.0. The molecule has 8 heteroatoms. The van der Waals surface area contributed by atoms with Gasteiger partial charge in [-0.3, -0.25) is 9.59 Å². The van der Waals surface area contributed by atoms with Crippen molar-refractivity contribution in [1.29, 1.82) is 0 Å². The van der Waals surface area contributed by atoms with Crippen LogP contribution in [0.25, 0.3) is 10.6 Å². The van der Waals surface area contributed by atoms with Crippen molar-refractivity contribution in [1.82, 2.24) is 10.3 Å². The Balaban J connectivity index is 1.52. The number of aliphatic carboxylic acids is 1. The minimum atomic E-state index is -0.891. The van der Waals surface area contributed by atoms with Crippen LogP contribution in [0.5, 0.6) is 11.5 Å². The van der Waals surface area contributed by atoms with Crippen molar-refractivity contribution in [3.8, 4) is 22.1 Å². The van der Waals surface area contributed by atoms with Crippen LogP contribution in [0.15, 0.2) is 24.4 Å². The lowest BCUT2D eigenvalue weighted by Gasteiger charge is -2.28. The largest absolute Gasteiger partial charge is 0.481 e. The number of fused-ring (bicyclic) bond motifs is 1. The molecule has 0 bridgehead atoms. The Morgan fingerprint density at radius 1 is 1.23 bits per heavy atom. The average Bonchev–Trinajstić information content (AvgIpc) is 3.34. The summed E-state index contributed by atoms with van der Waals surface area (Å²) in [5, 5.41) is 12.8. The number of rotatable bonds is 5. The maximum atomic E-state index is 12.6. The number of aromatic nitrogens is 1. The molecule has 1 aromatic heterocycles. The van der Waals surface area contributed by atoms with E-state index in [0.717, 1.165) is 18.4 Å². The van der Waals surface area contributed by atoms with E-state index in [-0.39, 0.29) is 19.1 Å². The van der Waals surface area contributed by atoms with Gasteiger partial charge >= 0.3 is 5.97 Å². The molecule has 0 saturated heterocycles. The standard InChI is InChI=1S/C18H18N2O5S/c21-15(22)8-18(5-1-2-6-18)20-16(23)14-9-19-17(26-14)11-3-4-12-13(7-11)25-10-24-12/h3-4,7,9H,1-2,5-6,8,10H2,(H,20,23)(H,21,22). The highest BCUT2D eigenvalue weighted by Gasteiger charge is 2.38. The van der Waals surface area contributed by atoms with Crippen molar-refractivity contribution in [2.45, 2.75) is 37.6 Å². The number of carboxylic acid groups (broad SMARTS) is 1. The SMILES string of the molecule is O=C(O)CC1(NC(=O)c2cnc(-c3ccc4c(c3)OCO4)s2)CCCC1. The van der Waals surface area contributed by atoms with E-state index >= 15 is 0 Å². The van der Waals surface area contributed by atoms with Crippen molar-refractivity contribution >= 4 is 23.2 Å². The molecule has 2 aromatic rings. The Hall–Kier alpha value is -2.61. The summed E-state index contributed by atoms with van der Waals surface area (Å²) >= 11 is 1.27. The molecule has 0 atom stereocenters. The van der Waals surface area contributed by atoms with Gasteiger partial charge in [-0.05, 0) is 31.0 Å². The van der Waals surface area contributed by atoms with E-state index in [1.54, 1.807) is 0 Å². The van der Waals surface area contributed by atoms with E-state index in [9.17, 15) is 9.59 Å². The van der Waals surface area contributed by atoms with E-state index < -0.39 is 11.5 Å². The van der Waals surface area contributed by atoms with Gasteiger partial charge in [-0.2, -0.15) is 0 Å². The molecule has 1 aliphatic heterocycles. The first-order chi connectivity index (χ1) is 12.5. The van der Waals surface area contributed by atoms with Gasteiger partial charge in [-0.1, -0.05) is 12.8 Å². The predicted molar refractivity (Wildman–Crippen MR) is 94.6 cm³/mol. The first-order valence-electron chi connectivity index (χ1n) is 8.45. The average molecular weight is 374 g/mol. The normalized spacial score (nSPS) is 17.2. The molecule has 26 heavy (non-hydrogen) atoms. The summed E-state index contributed by atoms with van der Waals surface area (Å²) in [4.78, 5) is 28.6. The minimum Gasteiger partial charge on any atom is -0.481 e. The van der Waals surface area contributed by atoms with Gasteiger partial charge in [-0.25, -0.2) is 4.98 Å². The molecule has 0 spiro atoms. The topological polar surface area (TPSA) is 97.8 Å². The van der Waals surface area contributed by atoms with E-state index in [4.69, 9.17) is 14.6 Å². The number of nitrogens with zero attached hydrogens (tertiary/aromatic N) is 1. The number of benzene rings is 1. The van der Waals surface area contributed by atoms with Crippen LogP contribution in [0, 0.1) is 0 Å². The number of thiazole rings is 1. The molecule has 7 nitrogen and oxygen atoms in total. The van der Waals surface area contributed by atoms with E-state index in [1.807, 2.05) is 18.2 Å². The Morgan fingerprint density at radius 2 is 2.00 bits per heavy atom. The predicted octanol–water partition coefficient (Wildman–Crippen LogP) is 3.06. The third kappa shape index (κ3) is 3.24. The molecule has 1 aromatic carbocycles. The minimum absolute atomic E-state index is 0.0490.